The first-order chi connectivity index (χ1) is 15.9. The van der Waals surface area contributed by atoms with Gasteiger partial charge in [0.05, 0.1) is 37.6 Å². The maximum atomic E-state index is 13.0. The summed E-state index contributed by atoms with van der Waals surface area (Å²) in [6, 6.07) is 0. The lowest BCUT2D eigenvalue weighted by atomic mass is 10.1. The molecule has 11 nitrogen and oxygen atoms in total. The van der Waals surface area contributed by atoms with E-state index in [1.807, 2.05) is 0 Å². The van der Waals surface area contributed by atoms with E-state index in [1.54, 1.807) is 35.2 Å². The molecule has 4 heterocycles. The number of allylic oxidation sites excluding steroid dienone is 2. The van der Waals surface area contributed by atoms with Gasteiger partial charge < -0.3 is 28.9 Å². The fourth-order valence-corrected chi connectivity index (χ4v) is 3.90. The predicted molar refractivity (Wildman–Crippen MR) is 119 cm³/mol. The summed E-state index contributed by atoms with van der Waals surface area (Å²) in [5, 5.41) is 15.7. The quantitative estimate of drug-likeness (QED) is 0.628. The number of aromatic nitrogens is 1. The van der Waals surface area contributed by atoms with Gasteiger partial charge in [0, 0.05) is 52.0 Å². The summed E-state index contributed by atoms with van der Waals surface area (Å²) in [4.78, 5) is 41.7. The summed E-state index contributed by atoms with van der Waals surface area (Å²) in [5.41, 5.74) is 0.903. The van der Waals surface area contributed by atoms with Gasteiger partial charge in [0.25, 0.3) is 17.7 Å². The molecule has 0 bridgehead atoms. The summed E-state index contributed by atoms with van der Waals surface area (Å²) >= 11 is 0. The third kappa shape index (κ3) is 4.55. The minimum absolute atomic E-state index is 0.0657. The van der Waals surface area contributed by atoms with Crippen molar-refractivity contribution in [3.05, 3.63) is 35.0 Å². The Labute approximate surface area is 191 Å². The molecule has 3 aliphatic heterocycles. The number of carbonyl (C=O) groups is 3. The van der Waals surface area contributed by atoms with E-state index < -0.39 is 5.91 Å². The predicted octanol–water partition coefficient (Wildman–Crippen LogP) is -0.170. The third-order valence-electron chi connectivity index (χ3n) is 5.77. The van der Waals surface area contributed by atoms with Gasteiger partial charge in [0.1, 0.15) is 0 Å². The number of likely N-dealkylation sites (N-methyl/N-ethyl adjacent to an activating group) is 1. The second-order valence-electron chi connectivity index (χ2n) is 7.92. The van der Waals surface area contributed by atoms with E-state index in [9.17, 15) is 19.5 Å². The zero-order chi connectivity index (χ0) is 23.5. The second kappa shape index (κ2) is 9.59. The molecule has 1 aromatic rings. The Balaban J connectivity index is 1.58. The lowest BCUT2D eigenvalue weighted by molar-refractivity contribution is -0.128. The number of amides is 3. The Bertz CT molecular complexity index is 1040. The van der Waals surface area contributed by atoms with Crippen molar-refractivity contribution in [1.82, 2.24) is 19.4 Å². The largest absolute Gasteiger partial charge is 0.494 e. The van der Waals surface area contributed by atoms with Crippen LogP contribution in [0.15, 0.2) is 29.0 Å². The number of carbonyl (C=O) groups excluding carboxylic acids is 3. The van der Waals surface area contributed by atoms with Crippen molar-refractivity contribution in [3.63, 3.8) is 0 Å². The molecule has 0 aromatic carbocycles. The van der Waals surface area contributed by atoms with Gasteiger partial charge >= 0.3 is 0 Å². The van der Waals surface area contributed by atoms with Gasteiger partial charge in [-0.05, 0) is 12.2 Å². The fourth-order valence-electron chi connectivity index (χ4n) is 3.90. The van der Waals surface area contributed by atoms with Crippen molar-refractivity contribution in [3.8, 4) is 5.88 Å². The van der Waals surface area contributed by atoms with Crippen LogP contribution >= 0.6 is 0 Å². The number of hydrogen-bond acceptors (Lipinski definition) is 7. The minimum atomic E-state index is -0.404. The van der Waals surface area contributed by atoms with Crippen LogP contribution in [-0.4, -0.2) is 108 Å². The smallest absolute Gasteiger partial charge is 0.276 e. The van der Waals surface area contributed by atoms with Crippen molar-refractivity contribution in [1.29, 1.82) is 0 Å². The number of morpholine rings is 2. The molecule has 0 atom stereocenters. The van der Waals surface area contributed by atoms with Crippen molar-refractivity contribution in [2.24, 2.45) is 12.1 Å². The first-order valence-electron chi connectivity index (χ1n) is 10.8. The van der Waals surface area contributed by atoms with Crippen LogP contribution in [-0.2, 0) is 26.1 Å². The first kappa shape index (κ1) is 22.7. The zero-order valence-electron chi connectivity index (χ0n) is 18.7. The van der Waals surface area contributed by atoms with E-state index in [2.05, 4.69) is 5.10 Å². The molecule has 3 amide bonds. The Morgan fingerprint density at radius 3 is 2.18 bits per heavy atom. The Morgan fingerprint density at radius 1 is 1.00 bits per heavy atom. The van der Waals surface area contributed by atoms with Crippen molar-refractivity contribution >= 4 is 29.5 Å². The third-order valence-corrected chi connectivity index (χ3v) is 5.77. The van der Waals surface area contributed by atoms with Crippen LogP contribution < -0.4 is 0 Å². The molecule has 4 rings (SSSR count). The number of rotatable bonds is 4. The molecule has 0 saturated carbocycles. The number of ether oxygens (including phenoxy) is 2. The molecule has 0 unspecified atom stereocenters. The Kier molecular flexibility index (Phi) is 6.61. The molecule has 3 aliphatic rings. The summed E-state index contributed by atoms with van der Waals surface area (Å²) in [6.07, 6.45) is 6.15. The van der Waals surface area contributed by atoms with Crippen LogP contribution in [0.3, 0.4) is 0 Å². The van der Waals surface area contributed by atoms with E-state index in [0.717, 1.165) is 5.01 Å². The van der Waals surface area contributed by atoms with Crippen molar-refractivity contribution < 1.29 is 29.0 Å². The Morgan fingerprint density at radius 2 is 1.58 bits per heavy atom. The molecule has 11 heteroatoms. The highest BCUT2D eigenvalue weighted by atomic mass is 16.5. The van der Waals surface area contributed by atoms with Gasteiger partial charge in [0.2, 0.25) is 0 Å². The molecule has 1 N–H and O–H groups in total. The van der Waals surface area contributed by atoms with Crippen LogP contribution in [0.2, 0.25) is 0 Å². The highest BCUT2D eigenvalue weighted by molar-refractivity contribution is 6.52. The normalized spacial score (nSPS) is 20.8. The average Bonchev–Trinajstić information content (AvgIpc) is 3.29. The SMILES string of the molecule is CN1N=C(C(=O)N2CCOCC2)/C(=C/C=Cc2c(C(=O)N3CCOCC3)cn(C)c2O)C1=O. The highest BCUT2D eigenvalue weighted by Gasteiger charge is 2.34. The van der Waals surface area contributed by atoms with E-state index in [4.69, 9.17) is 9.47 Å². The van der Waals surface area contributed by atoms with Crippen LogP contribution in [0.25, 0.3) is 6.08 Å². The number of hydrazone groups is 1. The van der Waals surface area contributed by atoms with Crippen LogP contribution in [0, 0.1) is 0 Å². The monoisotopic (exact) mass is 457 g/mol. The van der Waals surface area contributed by atoms with Gasteiger partial charge in [-0.25, -0.2) is 5.01 Å². The van der Waals surface area contributed by atoms with E-state index in [1.165, 1.54) is 17.7 Å². The van der Waals surface area contributed by atoms with Crippen molar-refractivity contribution in [2.75, 3.05) is 59.7 Å². The summed E-state index contributed by atoms with van der Waals surface area (Å²) in [6.45, 7) is 3.64. The number of aromatic hydroxyl groups is 1. The molecule has 0 radical (unpaired) electrons. The van der Waals surface area contributed by atoms with E-state index in [0.29, 0.717) is 63.7 Å². The second-order valence-corrected chi connectivity index (χ2v) is 7.92. The topological polar surface area (TPSA) is 117 Å². The van der Waals surface area contributed by atoms with Crippen LogP contribution in [0.4, 0.5) is 0 Å². The van der Waals surface area contributed by atoms with E-state index in [-0.39, 0.29) is 29.0 Å². The van der Waals surface area contributed by atoms with E-state index >= 15 is 0 Å². The van der Waals surface area contributed by atoms with Crippen LogP contribution in [0.1, 0.15) is 15.9 Å². The molecule has 2 saturated heterocycles. The molecule has 0 aliphatic carbocycles. The molecular weight excluding hydrogens is 430 g/mol. The molecule has 176 valence electrons. The lowest BCUT2D eigenvalue weighted by Crippen LogP contribution is -2.44. The maximum Gasteiger partial charge on any atom is 0.276 e. The van der Waals surface area contributed by atoms with Gasteiger partial charge in [-0.1, -0.05) is 6.08 Å². The molecule has 33 heavy (non-hydrogen) atoms. The van der Waals surface area contributed by atoms with Crippen molar-refractivity contribution in [2.45, 2.75) is 0 Å². The summed E-state index contributed by atoms with van der Waals surface area (Å²) in [5.74, 6) is -1.02. The number of aryl methyl sites for hydroxylation is 1. The number of nitrogens with zero attached hydrogens (tertiary/aromatic N) is 5. The standard InChI is InChI=1S/C22H27N5O6/c1-24-14-17(21(30)26-6-10-32-11-7-26)15(19(24)28)4-3-5-16-18(23-25(2)20(16)29)22(31)27-8-12-33-13-9-27/h3-5,14,28H,6-13H2,1-2H3/b4-3?,16-5-. The number of hydrogen-bond donors (Lipinski definition) is 1. The summed E-state index contributed by atoms with van der Waals surface area (Å²) < 4.78 is 12.0. The molecular formula is C22H27N5O6. The lowest BCUT2D eigenvalue weighted by Gasteiger charge is -2.26. The van der Waals surface area contributed by atoms with Crippen LogP contribution in [0.5, 0.6) is 5.88 Å². The first-order valence-corrected chi connectivity index (χ1v) is 10.8. The van der Waals surface area contributed by atoms with Gasteiger partial charge in [-0.15, -0.1) is 0 Å². The van der Waals surface area contributed by atoms with Gasteiger partial charge in [0.15, 0.2) is 11.6 Å². The molecule has 0 spiro atoms. The highest BCUT2D eigenvalue weighted by Crippen LogP contribution is 2.26. The summed E-state index contributed by atoms with van der Waals surface area (Å²) in [7, 11) is 3.13. The minimum Gasteiger partial charge on any atom is -0.494 e. The zero-order valence-corrected chi connectivity index (χ0v) is 18.7. The molecule has 2 fully saturated rings. The van der Waals surface area contributed by atoms with Gasteiger partial charge in [-0.2, -0.15) is 5.10 Å². The van der Waals surface area contributed by atoms with Gasteiger partial charge in [-0.3, -0.25) is 14.4 Å². The maximum absolute atomic E-state index is 13.0. The average molecular weight is 457 g/mol. The molecule has 1 aromatic heterocycles. The Hall–Kier alpha value is -3.44. The fraction of sp³-hybridized carbons (Fsp3) is 0.455.